The summed E-state index contributed by atoms with van der Waals surface area (Å²) in [5, 5.41) is 15.3. The first-order chi connectivity index (χ1) is 10.2. The normalized spacial score (nSPS) is 12.3. The monoisotopic (exact) mass is 308 g/mol. The van der Waals surface area contributed by atoms with Gasteiger partial charge in [0.2, 0.25) is 5.89 Å². The van der Waals surface area contributed by atoms with Gasteiger partial charge in [0.15, 0.2) is 0 Å². The van der Waals surface area contributed by atoms with Crippen LogP contribution in [0.5, 0.6) is 0 Å². The molecule has 2 rings (SSSR count). The Morgan fingerprint density at radius 3 is 2.67 bits per heavy atom. The average molecular weight is 309 g/mol. The zero-order valence-electron chi connectivity index (χ0n) is 12.4. The predicted octanol–water partition coefficient (Wildman–Crippen LogP) is 3.44. The highest BCUT2D eigenvalue weighted by Crippen LogP contribution is 2.14. The van der Waals surface area contributed by atoms with Crippen molar-refractivity contribution < 1.29 is 4.42 Å². The number of halogens is 1. The molecule has 21 heavy (non-hydrogen) atoms. The van der Waals surface area contributed by atoms with Gasteiger partial charge >= 0.3 is 6.01 Å². The van der Waals surface area contributed by atoms with Gasteiger partial charge in [-0.2, -0.15) is 0 Å². The van der Waals surface area contributed by atoms with Crippen molar-refractivity contribution in [1.82, 2.24) is 15.5 Å². The van der Waals surface area contributed by atoms with Crippen LogP contribution < -0.4 is 10.6 Å². The first kappa shape index (κ1) is 15.8. The van der Waals surface area contributed by atoms with E-state index in [1.54, 1.807) is 0 Å². The molecule has 1 unspecified atom stereocenters. The highest BCUT2D eigenvalue weighted by molar-refractivity contribution is 6.30. The molecule has 1 heterocycles. The molecule has 2 aromatic rings. The summed E-state index contributed by atoms with van der Waals surface area (Å²) >= 11 is 5.86. The molecule has 114 valence electrons. The number of anilines is 1. The van der Waals surface area contributed by atoms with Crippen molar-refractivity contribution >= 4 is 17.6 Å². The van der Waals surface area contributed by atoms with E-state index in [-0.39, 0.29) is 6.04 Å². The van der Waals surface area contributed by atoms with Crippen molar-refractivity contribution in [3.8, 4) is 0 Å². The topological polar surface area (TPSA) is 63.0 Å². The van der Waals surface area contributed by atoms with E-state index in [1.165, 1.54) is 5.56 Å². The smallest absolute Gasteiger partial charge is 0.315 e. The molecule has 0 bridgehead atoms. The molecule has 0 spiro atoms. The molecular formula is C15H21ClN4O. The lowest BCUT2D eigenvalue weighted by Crippen LogP contribution is -2.19. The second-order valence-corrected chi connectivity index (χ2v) is 5.36. The van der Waals surface area contributed by atoms with Crippen molar-refractivity contribution in [2.24, 2.45) is 0 Å². The molecule has 6 heteroatoms. The van der Waals surface area contributed by atoms with Crippen molar-refractivity contribution in [3.63, 3.8) is 0 Å². The molecule has 1 atom stereocenters. The van der Waals surface area contributed by atoms with Crippen LogP contribution in [0.4, 0.5) is 6.01 Å². The molecule has 1 aromatic carbocycles. The van der Waals surface area contributed by atoms with Crippen LogP contribution >= 0.6 is 11.6 Å². The number of nitrogens with zero attached hydrogens (tertiary/aromatic N) is 2. The lowest BCUT2D eigenvalue weighted by Gasteiger charge is -2.07. The van der Waals surface area contributed by atoms with Crippen LogP contribution in [0, 0.1) is 0 Å². The van der Waals surface area contributed by atoms with Gasteiger partial charge < -0.3 is 15.1 Å². The summed E-state index contributed by atoms with van der Waals surface area (Å²) in [6.07, 6.45) is 1.95. The maximum atomic E-state index is 5.86. The first-order valence-electron chi connectivity index (χ1n) is 7.24. The molecule has 0 saturated carbocycles. The van der Waals surface area contributed by atoms with Crippen molar-refractivity contribution in [2.75, 3.05) is 18.4 Å². The summed E-state index contributed by atoms with van der Waals surface area (Å²) in [5.74, 6) is 0.609. The Kier molecular flexibility index (Phi) is 6.02. The second-order valence-electron chi connectivity index (χ2n) is 4.92. The molecule has 0 radical (unpaired) electrons. The zero-order chi connectivity index (χ0) is 15.1. The Morgan fingerprint density at radius 2 is 1.95 bits per heavy atom. The lowest BCUT2D eigenvalue weighted by molar-refractivity contribution is 0.423. The van der Waals surface area contributed by atoms with E-state index in [1.807, 2.05) is 31.2 Å². The van der Waals surface area contributed by atoms with Gasteiger partial charge in [-0.15, -0.1) is 5.10 Å². The molecule has 2 N–H and O–H groups in total. The Hall–Kier alpha value is -1.59. The summed E-state index contributed by atoms with van der Waals surface area (Å²) in [5.41, 5.74) is 1.21. The number of nitrogens with one attached hydrogen (secondary N) is 2. The van der Waals surface area contributed by atoms with Crippen LogP contribution in [-0.4, -0.2) is 23.3 Å². The number of aromatic nitrogens is 2. The van der Waals surface area contributed by atoms with E-state index < -0.39 is 0 Å². The fraction of sp³-hybridized carbons (Fsp3) is 0.467. The molecular weight excluding hydrogens is 288 g/mol. The van der Waals surface area contributed by atoms with Crippen LogP contribution in [0.3, 0.4) is 0 Å². The van der Waals surface area contributed by atoms with E-state index in [0.717, 1.165) is 31.0 Å². The maximum absolute atomic E-state index is 5.86. The molecule has 0 aliphatic rings. The number of hydrogen-bond donors (Lipinski definition) is 2. The maximum Gasteiger partial charge on any atom is 0.315 e. The zero-order valence-corrected chi connectivity index (χ0v) is 13.2. The largest absolute Gasteiger partial charge is 0.406 e. The molecule has 0 aliphatic heterocycles. The summed E-state index contributed by atoms with van der Waals surface area (Å²) in [7, 11) is 0. The van der Waals surface area contributed by atoms with E-state index in [2.05, 4.69) is 27.8 Å². The summed E-state index contributed by atoms with van der Waals surface area (Å²) in [6, 6.07) is 8.35. The minimum Gasteiger partial charge on any atom is -0.406 e. The Bertz CT molecular complexity index is 541. The SMILES string of the molecule is CCCNC(C)c1nnc(NCCc2ccc(Cl)cc2)o1. The molecule has 0 amide bonds. The average Bonchev–Trinajstić information content (AvgIpc) is 2.96. The summed E-state index contributed by atoms with van der Waals surface area (Å²) < 4.78 is 5.58. The summed E-state index contributed by atoms with van der Waals surface area (Å²) in [6.45, 7) is 5.81. The van der Waals surface area contributed by atoms with Gasteiger partial charge in [-0.3, -0.25) is 0 Å². The van der Waals surface area contributed by atoms with Crippen molar-refractivity contribution in [1.29, 1.82) is 0 Å². The van der Waals surface area contributed by atoms with Crippen molar-refractivity contribution in [2.45, 2.75) is 32.7 Å². The van der Waals surface area contributed by atoms with Crippen LogP contribution in [0.1, 0.15) is 37.8 Å². The van der Waals surface area contributed by atoms with E-state index >= 15 is 0 Å². The molecule has 1 aromatic heterocycles. The highest BCUT2D eigenvalue weighted by atomic mass is 35.5. The first-order valence-corrected chi connectivity index (χ1v) is 7.62. The van der Waals surface area contributed by atoms with Gasteiger partial charge in [0.05, 0.1) is 6.04 Å². The Balaban J connectivity index is 1.78. The lowest BCUT2D eigenvalue weighted by atomic mass is 10.1. The van der Waals surface area contributed by atoms with Gasteiger partial charge in [-0.25, -0.2) is 0 Å². The van der Waals surface area contributed by atoms with Gasteiger partial charge in [-0.1, -0.05) is 35.8 Å². The number of hydrogen-bond acceptors (Lipinski definition) is 5. The third-order valence-corrected chi connectivity index (χ3v) is 3.37. The Labute approximate surface area is 130 Å². The van der Waals surface area contributed by atoms with Crippen LogP contribution in [-0.2, 0) is 6.42 Å². The molecule has 0 saturated heterocycles. The standard InChI is InChI=1S/C15H21ClN4O/c1-3-9-17-11(2)14-19-20-15(21-14)18-10-8-12-4-6-13(16)7-5-12/h4-7,11,17H,3,8-10H2,1-2H3,(H,18,20). The minimum absolute atomic E-state index is 0.0734. The fourth-order valence-electron chi connectivity index (χ4n) is 1.89. The van der Waals surface area contributed by atoms with Gasteiger partial charge in [0.25, 0.3) is 0 Å². The van der Waals surface area contributed by atoms with E-state index in [4.69, 9.17) is 16.0 Å². The Morgan fingerprint density at radius 1 is 1.19 bits per heavy atom. The van der Waals surface area contributed by atoms with Gasteiger partial charge in [0, 0.05) is 11.6 Å². The summed E-state index contributed by atoms with van der Waals surface area (Å²) in [4.78, 5) is 0. The van der Waals surface area contributed by atoms with E-state index in [9.17, 15) is 0 Å². The molecule has 0 fully saturated rings. The quantitative estimate of drug-likeness (QED) is 0.782. The number of rotatable bonds is 8. The van der Waals surface area contributed by atoms with E-state index in [0.29, 0.717) is 11.9 Å². The predicted molar refractivity (Wildman–Crippen MR) is 84.7 cm³/mol. The van der Waals surface area contributed by atoms with Crippen LogP contribution in [0.2, 0.25) is 5.02 Å². The van der Waals surface area contributed by atoms with Crippen LogP contribution in [0.15, 0.2) is 28.7 Å². The van der Waals surface area contributed by atoms with Crippen molar-refractivity contribution in [3.05, 3.63) is 40.7 Å². The van der Waals surface area contributed by atoms with Gasteiger partial charge in [0.1, 0.15) is 0 Å². The minimum atomic E-state index is 0.0734. The second kappa shape index (κ2) is 8.00. The third-order valence-electron chi connectivity index (χ3n) is 3.11. The van der Waals surface area contributed by atoms with Gasteiger partial charge in [-0.05, 0) is 44.0 Å². The molecule has 5 nitrogen and oxygen atoms in total. The third kappa shape index (κ3) is 5.02. The highest BCUT2D eigenvalue weighted by Gasteiger charge is 2.12. The van der Waals surface area contributed by atoms with Crippen LogP contribution in [0.25, 0.3) is 0 Å². The fourth-order valence-corrected chi connectivity index (χ4v) is 2.02. The number of benzene rings is 1. The molecule has 0 aliphatic carbocycles.